The van der Waals surface area contributed by atoms with E-state index in [1.807, 2.05) is 24.3 Å². The van der Waals surface area contributed by atoms with E-state index in [9.17, 15) is 0 Å². The first-order valence-corrected chi connectivity index (χ1v) is 28.7. The normalized spacial score (nSPS) is 12.3. The topological polar surface area (TPSA) is 77.3 Å². The quantitative estimate of drug-likeness (QED) is 0.136. The third-order valence-electron chi connectivity index (χ3n) is 16.9. The average Bonchev–Trinajstić information content (AvgIpc) is 1.58. The standard InChI is InChI=1S/C79H50N6/c1-5-17-51(18-6-1)55-29-37-59(38-30-55)73-80-74(60-39-31-56(32-40-60)52-19-7-2-8-20-52)83-77(82-73)63-45-47-67-65-25-13-15-27-69(65)79(71(67)49-63)70-28-16-14-26-66(70)68-48-46-64(50-72(68)79)78-84-75(61-41-33-57(34-42-61)53-21-9-3-10-22-53)81-76(85-78)62-43-35-58(36-44-62)54-23-11-4-12-24-54/h1-50H. The number of fused-ring (bicyclic) bond motifs is 10. The van der Waals surface area contributed by atoms with Crippen molar-refractivity contribution < 1.29 is 0 Å². The monoisotopic (exact) mass is 1080 g/mol. The molecule has 12 aromatic carbocycles. The number of benzene rings is 12. The number of nitrogens with zero attached hydrogens (tertiary/aromatic N) is 6. The Hall–Kier alpha value is -11.3. The molecule has 2 aliphatic carbocycles. The van der Waals surface area contributed by atoms with Gasteiger partial charge in [-0.15, -0.1) is 0 Å². The third-order valence-corrected chi connectivity index (χ3v) is 16.9. The second-order valence-corrected chi connectivity index (χ2v) is 21.7. The Labute approximate surface area is 493 Å². The lowest BCUT2D eigenvalue weighted by molar-refractivity contribution is 0.794. The highest BCUT2D eigenvalue weighted by atomic mass is 15.0. The van der Waals surface area contributed by atoms with E-state index in [0.29, 0.717) is 34.9 Å². The van der Waals surface area contributed by atoms with Gasteiger partial charge in [-0.05, 0) is 101 Å². The Balaban J connectivity index is 0.857. The minimum atomic E-state index is -0.720. The first-order chi connectivity index (χ1) is 42.1. The van der Waals surface area contributed by atoms with Crippen molar-refractivity contribution in [3.63, 3.8) is 0 Å². The van der Waals surface area contributed by atoms with Crippen LogP contribution in [0.1, 0.15) is 22.3 Å². The second kappa shape index (κ2) is 20.6. The van der Waals surface area contributed by atoms with Gasteiger partial charge in [0.05, 0.1) is 5.41 Å². The van der Waals surface area contributed by atoms with Crippen molar-refractivity contribution in [3.8, 4) is 135 Å². The van der Waals surface area contributed by atoms with E-state index in [1.54, 1.807) is 0 Å². The molecular weight excluding hydrogens is 1030 g/mol. The van der Waals surface area contributed by atoms with Crippen molar-refractivity contribution in [3.05, 3.63) is 326 Å². The van der Waals surface area contributed by atoms with Crippen LogP contribution in [0.4, 0.5) is 0 Å². The predicted molar refractivity (Wildman–Crippen MR) is 344 cm³/mol. The lowest BCUT2D eigenvalue weighted by atomic mass is 9.70. The third kappa shape index (κ3) is 8.66. The molecule has 0 radical (unpaired) electrons. The van der Waals surface area contributed by atoms with Gasteiger partial charge in [-0.25, -0.2) is 29.9 Å². The van der Waals surface area contributed by atoms with Crippen LogP contribution in [0.25, 0.3) is 135 Å². The fraction of sp³-hybridized carbons (Fsp3) is 0.0127. The van der Waals surface area contributed by atoms with Crippen LogP contribution in [0.3, 0.4) is 0 Å². The molecular formula is C79H50N6. The zero-order valence-electron chi connectivity index (χ0n) is 46.1. The van der Waals surface area contributed by atoms with Crippen LogP contribution in [0.15, 0.2) is 303 Å². The largest absolute Gasteiger partial charge is 0.208 e. The van der Waals surface area contributed by atoms with Crippen LogP contribution in [-0.2, 0) is 5.41 Å². The molecule has 16 rings (SSSR count). The van der Waals surface area contributed by atoms with E-state index in [-0.39, 0.29) is 0 Å². The summed E-state index contributed by atoms with van der Waals surface area (Å²) in [4.78, 5) is 31.9. The van der Waals surface area contributed by atoms with Gasteiger partial charge in [0.15, 0.2) is 34.9 Å². The van der Waals surface area contributed by atoms with Crippen LogP contribution in [0.5, 0.6) is 0 Å². The highest BCUT2D eigenvalue weighted by Crippen LogP contribution is 2.63. The van der Waals surface area contributed by atoms with E-state index >= 15 is 0 Å². The van der Waals surface area contributed by atoms with E-state index in [4.69, 9.17) is 29.9 Å². The fourth-order valence-corrected chi connectivity index (χ4v) is 12.7. The molecule has 0 atom stereocenters. The molecule has 6 nitrogen and oxygen atoms in total. The minimum absolute atomic E-state index is 0.590. The molecule has 396 valence electrons. The molecule has 0 unspecified atom stereocenters. The predicted octanol–water partition coefficient (Wildman–Crippen LogP) is 19.1. The van der Waals surface area contributed by atoms with Gasteiger partial charge >= 0.3 is 0 Å². The van der Waals surface area contributed by atoms with Gasteiger partial charge in [0.2, 0.25) is 0 Å². The molecule has 0 N–H and O–H groups in total. The van der Waals surface area contributed by atoms with E-state index in [2.05, 4.69) is 279 Å². The molecule has 2 aliphatic rings. The number of aromatic nitrogens is 6. The Bertz CT molecular complexity index is 4310. The lowest BCUT2D eigenvalue weighted by Crippen LogP contribution is -2.26. The Morgan fingerprint density at radius 1 is 0.153 bits per heavy atom. The summed E-state index contributed by atoms with van der Waals surface area (Å²) in [6.45, 7) is 0. The van der Waals surface area contributed by atoms with Crippen molar-refractivity contribution in [2.24, 2.45) is 0 Å². The Kier molecular flexibility index (Phi) is 12.0. The summed E-state index contributed by atoms with van der Waals surface area (Å²) in [6, 6.07) is 107. The van der Waals surface area contributed by atoms with Crippen molar-refractivity contribution in [1.82, 2.24) is 29.9 Å². The maximum Gasteiger partial charge on any atom is 0.164 e. The molecule has 85 heavy (non-hydrogen) atoms. The Morgan fingerprint density at radius 3 is 0.635 bits per heavy atom. The van der Waals surface area contributed by atoms with Gasteiger partial charge in [-0.3, -0.25) is 0 Å². The van der Waals surface area contributed by atoms with E-state index in [0.717, 1.165) is 100 Å². The summed E-state index contributed by atoms with van der Waals surface area (Å²) in [5.74, 6) is 3.58. The van der Waals surface area contributed by atoms with Crippen molar-refractivity contribution >= 4 is 0 Å². The zero-order valence-corrected chi connectivity index (χ0v) is 46.1. The Morgan fingerprint density at radius 2 is 0.353 bits per heavy atom. The van der Waals surface area contributed by atoms with Gasteiger partial charge in [-0.2, -0.15) is 0 Å². The van der Waals surface area contributed by atoms with Crippen molar-refractivity contribution in [2.75, 3.05) is 0 Å². The summed E-state index contributed by atoms with van der Waals surface area (Å²) >= 11 is 0. The summed E-state index contributed by atoms with van der Waals surface area (Å²) in [7, 11) is 0. The number of rotatable bonds is 10. The molecule has 14 aromatic rings. The lowest BCUT2D eigenvalue weighted by Gasteiger charge is -2.31. The minimum Gasteiger partial charge on any atom is -0.208 e. The summed E-state index contributed by atoms with van der Waals surface area (Å²) < 4.78 is 0. The number of hydrogen-bond acceptors (Lipinski definition) is 6. The molecule has 2 heterocycles. The molecule has 0 fully saturated rings. The SMILES string of the molecule is c1ccc(-c2ccc(-c3nc(-c4ccc(-c5ccccc5)cc4)nc(-c4ccc5c(c4)C4(c6ccccc6-5)c5ccccc5-c5ccc(-c6nc(-c7ccc(-c8ccccc8)cc7)nc(-c7ccc(-c8ccccc8)cc7)n6)cc54)n3)cc2)cc1. The van der Waals surface area contributed by atoms with E-state index in [1.165, 1.54) is 22.3 Å². The maximum atomic E-state index is 5.36. The van der Waals surface area contributed by atoms with Gasteiger partial charge in [0.25, 0.3) is 0 Å². The van der Waals surface area contributed by atoms with Crippen molar-refractivity contribution in [1.29, 1.82) is 0 Å². The van der Waals surface area contributed by atoms with Gasteiger partial charge in [-0.1, -0.05) is 291 Å². The maximum absolute atomic E-state index is 5.36. The average molecular weight is 1080 g/mol. The molecule has 2 aromatic heterocycles. The number of hydrogen-bond donors (Lipinski definition) is 0. The smallest absolute Gasteiger partial charge is 0.164 e. The molecule has 0 saturated carbocycles. The highest BCUT2D eigenvalue weighted by molar-refractivity contribution is 5.97. The van der Waals surface area contributed by atoms with Gasteiger partial charge in [0, 0.05) is 33.4 Å². The zero-order chi connectivity index (χ0) is 56.3. The van der Waals surface area contributed by atoms with Gasteiger partial charge in [0.1, 0.15) is 0 Å². The second-order valence-electron chi connectivity index (χ2n) is 21.7. The molecule has 1 spiro atoms. The van der Waals surface area contributed by atoms with Gasteiger partial charge < -0.3 is 0 Å². The van der Waals surface area contributed by atoms with E-state index < -0.39 is 5.41 Å². The van der Waals surface area contributed by atoms with Crippen LogP contribution in [0, 0.1) is 0 Å². The molecule has 0 amide bonds. The summed E-state index contributed by atoms with van der Waals surface area (Å²) in [6.07, 6.45) is 0. The molecule has 0 aliphatic heterocycles. The van der Waals surface area contributed by atoms with Crippen LogP contribution in [0.2, 0.25) is 0 Å². The van der Waals surface area contributed by atoms with Crippen LogP contribution >= 0.6 is 0 Å². The first-order valence-electron chi connectivity index (χ1n) is 28.7. The highest BCUT2D eigenvalue weighted by Gasteiger charge is 2.52. The summed E-state index contributed by atoms with van der Waals surface area (Å²) in [5, 5.41) is 0. The summed E-state index contributed by atoms with van der Waals surface area (Å²) in [5.41, 5.74) is 23.2. The first kappa shape index (κ1) is 49.5. The van der Waals surface area contributed by atoms with Crippen molar-refractivity contribution in [2.45, 2.75) is 5.41 Å². The molecule has 0 bridgehead atoms. The molecule has 6 heteroatoms. The fourth-order valence-electron chi connectivity index (χ4n) is 12.7. The molecule has 0 saturated heterocycles. The van der Waals surface area contributed by atoms with Crippen LogP contribution < -0.4 is 0 Å². The van der Waals surface area contributed by atoms with Crippen LogP contribution in [-0.4, -0.2) is 29.9 Å².